The molecule has 0 amide bonds. The van der Waals surface area contributed by atoms with Crippen LogP contribution in [0.5, 0.6) is 5.75 Å². The van der Waals surface area contributed by atoms with Gasteiger partial charge in [0.05, 0.1) is 0 Å². The lowest BCUT2D eigenvalue weighted by Crippen LogP contribution is -2.23. The molecule has 1 aromatic rings. The fraction of sp³-hybridized carbons (Fsp3) is 0.200. The molecule has 0 radical (unpaired) electrons. The number of benzene rings is 1. The molecule has 80 valence electrons. The van der Waals surface area contributed by atoms with Gasteiger partial charge in [0.2, 0.25) is 0 Å². The second kappa shape index (κ2) is 4.75. The highest BCUT2D eigenvalue weighted by molar-refractivity contribution is 7.80. The van der Waals surface area contributed by atoms with Gasteiger partial charge in [-0.2, -0.15) is 0 Å². The van der Waals surface area contributed by atoms with Gasteiger partial charge in [-0.1, -0.05) is 24.4 Å². The minimum Gasteiger partial charge on any atom is -0.479 e. The van der Waals surface area contributed by atoms with Crippen molar-refractivity contribution in [1.82, 2.24) is 0 Å². The Bertz CT molecular complexity index is 392. The standard InChI is InChI=1S/C10H11NO3S/c1-6(10(12)13)14-8-4-2-3-7(5-8)9(11)15/h2-6H,1H3,(H2,11,15)(H,12,13). The SMILES string of the molecule is CC(Oc1cccc(C(N)=S)c1)C(=O)O. The highest BCUT2D eigenvalue weighted by Crippen LogP contribution is 2.14. The van der Waals surface area contributed by atoms with E-state index in [0.717, 1.165) is 0 Å². The molecule has 0 saturated carbocycles. The zero-order valence-corrected chi connectivity index (χ0v) is 8.95. The molecule has 0 aliphatic heterocycles. The Balaban J connectivity index is 2.82. The highest BCUT2D eigenvalue weighted by atomic mass is 32.1. The largest absolute Gasteiger partial charge is 0.479 e. The Morgan fingerprint density at radius 3 is 2.80 bits per heavy atom. The number of carbonyl (C=O) groups is 1. The first-order valence-corrected chi connectivity index (χ1v) is 4.71. The average Bonchev–Trinajstić information content (AvgIpc) is 2.18. The van der Waals surface area contributed by atoms with Crippen molar-refractivity contribution in [1.29, 1.82) is 0 Å². The first-order chi connectivity index (χ1) is 7.00. The summed E-state index contributed by atoms with van der Waals surface area (Å²) in [5, 5.41) is 8.65. The van der Waals surface area contributed by atoms with E-state index in [1.165, 1.54) is 6.92 Å². The van der Waals surface area contributed by atoms with Crippen molar-refractivity contribution in [2.75, 3.05) is 0 Å². The summed E-state index contributed by atoms with van der Waals surface area (Å²) < 4.78 is 5.15. The lowest BCUT2D eigenvalue weighted by molar-refractivity contribution is -0.144. The van der Waals surface area contributed by atoms with Crippen LogP contribution in [0.3, 0.4) is 0 Å². The van der Waals surface area contributed by atoms with Gasteiger partial charge in [0, 0.05) is 5.56 Å². The molecule has 3 N–H and O–H groups in total. The van der Waals surface area contributed by atoms with E-state index in [9.17, 15) is 4.79 Å². The Morgan fingerprint density at radius 2 is 2.27 bits per heavy atom. The number of rotatable bonds is 4. The van der Waals surface area contributed by atoms with Gasteiger partial charge in [0.25, 0.3) is 0 Å². The van der Waals surface area contributed by atoms with Crippen molar-refractivity contribution in [3.8, 4) is 5.75 Å². The zero-order chi connectivity index (χ0) is 11.4. The van der Waals surface area contributed by atoms with Crippen LogP contribution in [0.1, 0.15) is 12.5 Å². The van der Waals surface area contributed by atoms with Crippen LogP contribution in [0.2, 0.25) is 0 Å². The highest BCUT2D eigenvalue weighted by Gasteiger charge is 2.12. The van der Waals surface area contributed by atoms with Gasteiger partial charge in [-0.05, 0) is 19.1 Å². The van der Waals surface area contributed by atoms with Crippen LogP contribution in [0, 0.1) is 0 Å². The van der Waals surface area contributed by atoms with Crippen LogP contribution in [-0.2, 0) is 4.79 Å². The number of carboxylic acid groups (broad SMARTS) is 1. The summed E-state index contributed by atoms with van der Waals surface area (Å²) in [6.07, 6.45) is -0.897. The number of hydrogen-bond acceptors (Lipinski definition) is 3. The summed E-state index contributed by atoms with van der Waals surface area (Å²) in [5.74, 6) is -0.578. The summed E-state index contributed by atoms with van der Waals surface area (Å²) in [4.78, 5) is 10.8. The minimum absolute atomic E-state index is 0.253. The van der Waals surface area contributed by atoms with Gasteiger partial charge in [-0.25, -0.2) is 4.79 Å². The minimum atomic E-state index is -1.02. The van der Waals surface area contributed by atoms with Crippen LogP contribution in [0.15, 0.2) is 24.3 Å². The molecule has 15 heavy (non-hydrogen) atoms. The number of aliphatic carboxylic acids is 1. The summed E-state index contributed by atoms with van der Waals surface area (Å²) in [6.45, 7) is 1.45. The van der Waals surface area contributed by atoms with Crippen molar-refractivity contribution >= 4 is 23.2 Å². The topological polar surface area (TPSA) is 72.5 Å². The van der Waals surface area contributed by atoms with E-state index in [1.807, 2.05) is 0 Å². The molecule has 1 rings (SSSR count). The van der Waals surface area contributed by atoms with Gasteiger partial charge < -0.3 is 15.6 Å². The maximum Gasteiger partial charge on any atom is 0.344 e. The van der Waals surface area contributed by atoms with E-state index in [2.05, 4.69) is 0 Å². The summed E-state index contributed by atoms with van der Waals surface area (Å²) >= 11 is 4.79. The zero-order valence-electron chi connectivity index (χ0n) is 8.14. The third-order valence-corrected chi connectivity index (χ3v) is 2.01. The molecule has 0 aromatic heterocycles. The molecule has 5 heteroatoms. The monoisotopic (exact) mass is 225 g/mol. The van der Waals surface area contributed by atoms with Crippen molar-refractivity contribution < 1.29 is 14.6 Å². The first kappa shape index (κ1) is 11.5. The van der Waals surface area contributed by atoms with Crippen LogP contribution < -0.4 is 10.5 Å². The summed E-state index contributed by atoms with van der Waals surface area (Å²) in [6, 6.07) is 6.71. The molecule has 0 aliphatic carbocycles. The number of nitrogens with two attached hydrogens (primary N) is 1. The van der Waals surface area contributed by atoms with Crippen LogP contribution in [-0.4, -0.2) is 22.2 Å². The smallest absolute Gasteiger partial charge is 0.344 e. The Kier molecular flexibility index (Phi) is 3.62. The molecular weight excluding hydrogens is 214 g/mol. The summed E-state index contributed by atoms with van der Waals surface area (Å²) in [5.41, 5.74) is 6.09. The fourth-order valence-corrected chi connectivity index (χ4v) is 1.10. The molecule has 0 bridgehead atoms. The van der Waals surface area contributed by atoms with Crippen molar-refractivity contribution in [2.45, 2.75) is 13.0 Å². The van der Waals surface area contributed by atoms with Gasteiger partial charge in [-0.15, -0.1) is 0 Å². The van der Waals surface area contributed by atoms with E-state index >= 15 is 0 Å². The van der Waals surface area contributed by atoms with E-state index in [-0.39, 0.29) is 4.99 Å². The van der Waals surface area contributed by atoms with Gasteiger partial charge >= 0.3 is 5.97 Å². The van der Waals surface area contributed by atoms with Crippen LogP contribution in [0.4, 0.5) is 0 Å². The average molecular weight is 225 g/mol. The first-order valence-electron chi connectivity index (χ1n) is 4.30. The molecule has 0 heterocycles. The predicted molar refractivity (Wildman–Crippen MR) is 60.1 cm³/mol. The maximum absolute atomic E-state index is 10.5. The number of ether oxygens (including phenoxy) is 1. The number of hydrogen-bond donors (Lipinski definition) is 2. The van der Waals surface area contributed by atoms with Crippen molar-refractivity contribution in [3.63, 3.8) is 0 Å². The van der Waals surface area contributed by atoms with E-state index < -0.39 is 12.1 Å². The van der Waals surface area contributed by atoms with Crippen molar-refractivity contribution in [3.05, 3.63) is 29.8 Å². The normalized spacial score (nSPS) is 11.8. The molecule has 0 fully saturated rings. The molecule has 1 unspecified atom stereocenters. The third-order valence-electron chi connectivity index (χ3n) is 1.78. The molecule has 0 aliphatic rings. The van der Waals surface area contributed by atoms with E-state index in [1.54, 1.807) is 24.3 Å². The molecule has 1 aromatic carbocycles. The van der Waals surface area contributed by atoms with Crippen molar-refractivity contribution in [2.24, 2.45) is 5.73 Å². The van der Waals surface area contributed by atoms with Crippen LogP contribution in [0.25, 0.3) is 0 Å². The number of carboxylic acids is 1. The van der Waals surface area contributed by atoms with Gasteiger partial charge in [0.1, 0.15) is 10.7 Å². The molecule has 0 saturated heterocycles. The van der Waals surface area contributed by atoms with Crippen LogP contribution >= 0.6 is 12.2 Å². The Morgan fingerprint density at radius 1 is 1.60 bits per heavy atom. The Labute approximate surface area is 92.7 Å². The molecular formula is C10H11NO3S. The third kappa shape index (κ3) is 3.21. The number of thiocarbonyl (C=S) groups is 1. The fourth-order valence-electron chi connectivity index (χ4n) is 0.977. The quantitative estimate of drug-likeness (QED) is 0.753. The molecule has 1 atom stereocenters. The maximum atomic E-state index is 10.5. The van der Waals surface area contributed by atoms with E-state index in [4.69, 9.17) is 27.8 Å². The second-order valence-electron chi connectivity index (χ2n) is 2.99. The summed E-state index contributed by atoms with van der Waals surface area (Å²) in [7, 11) is 0. The lowest BCUT2D eigenvalue weighted by atomic mass is 10.2. The Hall–Kier alpha value is -1.62. The lowest BCUT2D eigenvalue weighted by Gasteiger charge is -2.10. The molecule has 0 spiro atoms. The second-order valence-corrected chi connectivity index (χ2v) is 3.43. The van der Waals surface area contributed by atoms with E-state index in [0.29, 0.717) is 11.3 Å². The molecule has 4 nitrogen and oxygen atoms in total. The predicted octanol–water partition coefficient (Wildman–Crippen LogP) is 1.17. The van der Waals surface area contributed by atoms with Gasteiger partial charge in [0.15, 0.2) is 6.10 Å². The van der Waals surface area contributed by atoms with Gasteiger partial charge in [-0.3, -0.25) is 0 Å².